The summed E-state index contributed by atoms with van der Waals surface area (Å²) in [5.74, 6) is -0.553. The summed E-state index contributed by atoms with van der Waals surface area (Å²) in [7, 11) is 1.38. The highest BCUT2D eigenvalue weighted by atomic mass is 16.6. The first kappa shape index (κ1) is 26.2. The van der Waals surface area contributed by atoms with Crippen LogP contribution in [0.2, 0.25) is 0 Å². The van der Waals surface area contributed by atoms with Crippen molar-refractivity contribution in [1.29, 1.82) is 0 Å². The van der Waals surface area contributed by atoms with Gasteiger partial charge in [0.1, 0.15) is 6.10 Å². The lowest BCUT2D eigenvalue weighted by molar-refractivity contribution is -0.161. The van der Waals surface area contributed by atoms with Crippen LogP contribution in [-0.2, 0) is 19.0 Å². The van der Waals surface area contributed by atoms with Crippen LogP contribution < -0.4 is 10.1 Å². The van der Waals surface area contributed by atoms with E-state index in [2.05, 4.69) is 24.1 Å². The van der Waals surface area contributed by atoms with Gasteiger partial charge < -0.3 is 29.4 Å². The molecule has 0 unspecified atom stereocenters. The number of carbonyl (C=O) groups excluding carboxylic acids is 2. The van der Waals surface area contributed by atoms with Gasteiger partial charge in [-0.3, -0.25) is 4.79 Å². The molecule has 1 saturated carbocycles. The molecule has 0 radical (unpaired) electrons. The second-order valence-electron chi connectivity index (χ2n) is 9.75. The quantitative estimate of drug-likeness (QED) is 0.548. The van der Waals surface area contributed by atoms with E-state index in [1.54, 1.807) is 0 Å². The largest absolute Gasteiger partial charge is 0.503 e. The van der Waals surface area contributed by atoms with Gasteiger partial charge in [0.15, 0.2) is 23.2 Å². The van der Waals surface area contributed by atoms with Crippen LogP contribution >= 0.6 is 0 Å². The molecule has 1 aliphatic carbocycles. The molecule has 9 heteroatoms. The number of pyridine rings is 1. The summed E-state index contributed by atoms with van der Waals surface area (Å²) in [6.45, 7) is 6.94. The maximum Gasteiger partial charge on any atom is 0.331 e. The Morgan fingerprint density at radius 2 is 2.03 bits per heavy atom. The highest BCUT2D eigenvalue weighted by Crippen LogP contribution is 2.34. The second kappa shape index (κ2) is 12.4. The molecule has 1 saturated heterocycles. The van der Waals surface area contributed by atoms with Gasteiger partial charge in [0.05, 0.1) is 26.4 Å². The molecule has 4 atom stereocenters. The van der Waals surface area contributed by atoms with Gasteiger partial charge in [-0.1, -0.05) is 39.5 Å². The average molecular weight is 479 g/mol. The highest BCUT2D eigenvalue weighted by Gasteiger charge is 2.37. The molecule has 0 aromatic carbocycles. The van der Waals surface area contributed by atoms with Gasteiger partial charge in [-0.2, -0.15) is 0 Å². The van der Waals surface area contributed by atoms with Crippen molar-refractivity contribution in [2.45, 2.75) is 71.1 Å². The molecular weight excluding hydrogens is 440 g/mol. The van der Waals surface area contributed by atoms with E-state index in [4.69, 9.17) is 18.9 Å². The molecule has 1 aliphatic heterocycles. The number of ether oxygens (including phenoxy) is 4. The smallest absolute Gasteiger partial charge is 0.331 e. The minimum atomic E-state index is -1.04. The van der Waals surface area contributed by atoms with Crippen molar-refractivity contribution in [3.05, 3.63) is 18.0 Å². The highest BCUT2D eigenvalue weighted by molar-refractivity contribution is 5.98. The summed E-state index contributed by atoms with van der Waals surface area (Å²) in [6.07, 6.45) is 6.43. The average Bonchev–Trinajstić information content (AvgIpc) is 3.31. The van der Waals surface area contributed by atoms with E-state index >= 15 is 0 Å². The number of hydrogen-bond acceptors (Lipinski definition) is 8. The van der Waals surface area contributed by atoms with Crippen molar-refractivity contribution in [3.63, 3.8) is 0 Å². The van der Waals surface area contributed by atoms with E-state index in [0.29, 0.717) is 25.0 Å². The summed E-state index contributed by atoms with van der Waals surface area (Å²) in [5.41, 5.74) is -0.239. The van der Waals surface area contributed by atoms with Gasteiger partial charge in [-0.25, -0.2) is 9.78 Å². The number of carbonyl (C=O) groups is 2. The van der Waals surface area contributed by atoms with Crippen molar-refractivity contribution in [2.75, 3.05) is 26.9 Å². The molecule has 9 nitrogen and oxygen atoms in total. The topological polar surface area (TPSA) is 116 Å². The first-order valence-electron chi connectivity index (χ1n) is 12.2. The van der Waals surface area contributed by atoms with Crippen LogP contribution in [-0.4, -0.2) is 67.1 Å². The summed E-state index contributed by atoms with van der Waals surface area (Å²) in [6, 6.07) is 0.394. The van der Waals surface area contributed by atoms with E-state index in [0.717, 1.165) is 6.42 Å². The van der Waals surface area contributed by atoms with Crippen molar-refractivity contribution in [3.8, 4) is 11.5 Å². The van der Waals surface area contributed by atoms with E-state index in [9.17, 15) is 14.7 Å². The van der Waals surface area contributed by atoms with E-state index < -0.39 is 29.8 Å². The van der Waals surface area contributed by atoms with Crippen LogP contribution in [0, 0.1) is 17.8 Å². The van der Waals surface area contributed by atoms with Crippen molar-refractivity contribution in [1.82, 2.24) is 10.3 Å². The Bertz CT molecular complexity index is 825. The predicted molar refractivity (Wildman–Crippen MR) is 125 cm³/mol. The Kier molecular flexibility index (Phi) is 9.53. The van der Waals surface area contributed by atoms with Crippen LogP contribution in [0.3, 0.4) is 0 Å². The molecule has 1 amide bonds. The number of aromatic nitrogens is 1. The minimum absolute atomic E-state index is 0.0416. The number of cyclic esters (lactones) is 1. The number of methoxy groups -OCH3 is 1. The van der Waals surface area contributed by atoms with Gasteiger partial charge in [-0.15, -0.1) is 0 Å². The first-order chi connectivity index (χ1) is 16.3. The molecule has 2 N–H and O–H groups in total. The van der Waals surface area contributed by atoms with Gasteiger partial charge >= 0.3 is 5.97 Å². The zero-order chi connectivity index (χ0) is 24.7. The fourth-order valence-electron chi connectivity index (χ4n) is 4.76. The van der Waals surface area contributed by atoms with Crippen molar-refractivity contribution in [2.24, 2.45) is 17.8 Å². The van der Waals surface area contributed by atoms with Crippen LogP contribution in [0.25, 0.3) is 0 Å². The van der Waals surface area contributed by atoms with Crippen LogP contribution in [0.4, 0.5) is 0 Å². The Balaban J connectivity index is 1.73. The molecular formula is C25H38N2O7. The standard InChI is InChI=1S/C25H38N2O7/c1-15(2)12-33-23-16(3)34-25(30)19(14-32-13-18(23)11-17-7-5-6-8-17)27-24(29)21-22(28)20(31-4)9-10-26-21/h9-10,15-19,23,28H,5-8,11-14H2,1-4H3,(H,27,29)/t16-,18-,19-,23-/m0/s1. The Morgan fingerprint density at radius 3 is 2.71 bits per heavy atom. The number of aromatic hydroxyl groups is 1. The van der Waals surface area contributed by atoms with Crippen LogP contribution in [0.1, 0.15) is 63.4 Å². The Labute approximate surface area is 201 Å². The normalized spacial score (nSPS) is 26.4. The van der Waals surface area contributed by atoms with Crippen molar-refractivity contribution < 1.29 is 33.6 Å². The van der Waals surface area contributed by atoms with Crippen LogP contribution in [0.15, 0.2) is 12.3 Å². The summed E-state index contributed by atoms with van der Waals surface area (Å²) in [4.78, 5) is 29.7. The third-order valence-electron chi connectivity index (χ3n) is 6.49. The fraction of sp³-hybridized carbons (Fsp3) is 0.720. The van der Waals surface area contributed by atoms with Gasteiger partial charge in [0.25, 0.3) is 5.91 Å². The molecule has 0 bridgehead atoms. The molecule has 1 aromatic rings. The molecule has 2 aliphatic rings. The molecule has 2 heterocycles. The molecule has 1 aromatic heterocycles. The molecule has 3 rings (SSSR count). The van der Waals surface area contributed by atoms with E-state index in [1.165, 1.54) is 45.1 Å². The van der Waals surface area contributed by atoms with Crippen molar-refractivity contribution >= 4 is 11.9 Å². The van der Waals surface area contributed by atoms with E-state index in [-0.39, 0.29) is 30.1 Å². The SMILES string of the molecule is COc1ccnc(C(=O)N[C@H]2COC[C@H](CC3CCCC3)[C@@H](OCC(C)C)[C@H](C)OC2=O)c1O. The number of esters is 1. The summed E-state index contributed by atoms with van der Waals surface area (Å²) in [5, 5.41) is 12.8. The molecule has 190 valence electrons. The lowest BCUT2D eigenvalue weighted by atomic mass is 9.87. The van der Waals surface area contributed by atoms with E-state index in [1.807, 2.05) is 6.92 Å². The third-order valence-corrected chi connectivity index (χ3v) is 6.49. The van der Waals surface area contributed by atoms with Gasteiger partial charge in [0.2, 0.25) is 0 Å². The molecule has 2 fully saturated rings. The molecule has 34 heavy (non-hydrogen) atoms. The summed E-state index contributed by atoms with van der Waals surface area (Å²) >= 11 is 0. The number of amides is 1. The Morgan fingerprint density at radius 1 is 1.29 bits per heavy atom. The fourth-order valence-corrected chi connectivity index (χ4v) is 4.76. The first-order valence-corrected chi connectivity index (χ1v) is 12.2. The zero-order valence-corrected chi connectivity index (χ0v) is 20.6. The number of hydrogen-bond donors (Lipinski definition) is 2. The number of nitrogens with zero attached hydrogens (tertiary/aromatic N) is 1. The van der Waals surface area contributed by atoms with Gasteiger partial charge in [-0.05, 0) is 25.2 Å². The maximum atomic E-state index is 13.0. The lowest BCUT2D eigenvalue weighted by Crippen LogP contribution is -2.46. The van der Waals surface area contributed by atoms with Gasteiger partial charge in [0, 0.05) is 24.8 Å². The second-order valence-corrected chi connectivity index (χ2v) is 9.75. The monoisotopic (exact) mass is 478 g/mol. The minimum Gasteiger partial charge on any atom is -0.503 e. The van der Waals surface area contributed by atoms with Crippen LogP contribution in [0.5, 0.6) is 11.5 Å². The molecule has 0 spiro atoms. The maximum absolute atomic E-state index is 13.0. The third kappa shape index (κ3) is 6.82. The predicted octanol–water partition coefficient (Wildman–Crippen LogP) is 3.09. The zero-order valence-electron chi connectivity index (χ0n) is 20.6. The number of rotatable bonds is 8. The lowest BCUT2D eigenvalue weighted by Gasteiger charge is -2.32. The number of nitrogens with one attached hydrogen (secondary N) is 1. The summed E-state index contributed by atoms with van der Waals surface area (Å²) < 4.78 is 23.0. The Hall–Kier alpha value is -2.39.